The van der Waals surface area contributed by atoms with Crippen molar-refractivity contribution in [3.05, 3.63) is 34.9 Å². The molecule has 14 heteroatoms. The van der Waals surface area contributed by atoms with Gasteiger partial charge in [-0.2, -0.15) is 0 Å². The Balaban J connectivity index is 1.93. The molecule has 2 rings (SSSR count). The molecule has 1 aromatic rings. The Bertz CT molecular complexity index is 1140. The van der Waals surface area contributed by atoms with Crippen molar-refractivity contribution in [2.75, 3.05) is 26.4 Å². The molecule has 1 heterocycles. The summed E-state index contributed by atoms with van der Waals surface area (Å²) in [4.78, 5) is 40.0. The zero-order valence-corrected chi connectivity index (χ0v) is 27.5. The van der Waals surface area contributed by atoms with E-state index >= 15 is 0 Å². The highest BCUT2D eigenvalue weighted by Crippen LogP contribution is 2.46. The number of carbonyl (C=O) groups is 3. The fourth-order valence-electron chi connectivity index (χ4n) is 4.57. The average Bonchev–Trinajstić information content (AvgIpc) is 2.86. The van der Waals surface area contributed by atoms with E-state index in [4.69, 9.17) is 31.3 Å². The molecule has 5 N–H and O–H groups in total. The molecule has 42 heavy (non-hydrogen) atoms. The van der Waals surface area contributed by atoms with Gasteiger partial charge in [-0.25, -0.2) is 9.59 Å². The van der Waals surface area contributed by atoms with Crippen LogP contribution in [0.25, 0.3) is 0 Å². The molecule has 0 bridgehead atoms. The Morgan fingerprint density at radius 3 is 2.29 bits per heavy atom. The maximum absolute atomic E-state index is 13.6. The van der Waals surface area contributed by atoms with Gasteiger partial charge in [0.1, 0.15) is 11.6 Å². The van der Waals surface area contributed by atoms with Crippen LogP contribution in [-0.2, 0) is 29.0 Å². The van der Waals surface area contributed by atoms with Gasteiger partial charge in [-0.15, -0.1) is 0 Å². The van der Waals surface area contributed by atoms with Crippen LogP contribution in [0.15, 0.2) is 24.3 Å². The van der Waals surface area contributed by atoms with E-state index in [0.717, 1.165) is 5.56 Å². The minimum atomic E-state index is -2.64. The normalized spacial score (nSPS) is 20.4. The number of nitrogens with two attached hydrogens (primary N) is 1. The van der Waals surface area contributed by atoms with Gasteiger partial charge in [-0.3, -0.25) is 13.9 Å². The summed E-state index contributed by atoms with van der Waals surface area (Å²) in [6.07, 6.45) is -0.758. The van der Waals surface area contributed by atoms with E-state index < -0.39 is 54.9 Å². The van der Waals surface area contributed by atoms with Crippen molar-refractivity contribution in [3.8, 4) is 0 Å². The molecule has 3 amide bonds. The number of nitrogens with one attached hydrogen (secondary N) is 2. The van der Waals surface area contributed by atoms with Crippen molar-refractivity contribution in [2.45, 2.75) is 84.3 Å². The maximum Gasteiger partial charge on any atom is 0.511 e. The Labute approximate surface area is 253 Å². The van der Waals surface area contributed by atoms with Gasteiger partial charge in [0.2, 0.25) is 20.7 Å². The van der Waals surface area contributed by atoms with Gasteiger partial charge in [0.25, 0.3) is 0 Å². The van der Waals surface area contributed by atoms with Crippen LogP contribution in [0.5, 0.6) is 0 Å². The lowest BCUT2D eigenvalue weighted by Crippen LogP contribution is -2.61. The van der Waals surface area contributed by atoms with Crippen LogP contribution in [0.1, 0.15) is 67.4 Å². The number of nitrogens with zero attached hydrogens (tertiary/aromatic N) is 1. The van der Waals surface area contributed by atoms with Crippen molar-refractivity contribution >= 4 is 37.7 Å². The number of urea groups is 1. The summed E-state index contributed by atoms with van der Waals surface area (Å²) in [5.41, 5.74) is 3.40. The number of benzene rings is 1. The molecule has 1 fully saturated rings. The van der Waals surface area contributed by atoms with Crippen LogP contribution in [0, 0.1) is 11.3 Å². The molecule has 12 nitrogen and oxygen atoms in total. The second-order valence-electron chi connectivity index (χ2n) is 12.8. The van der Waals surface area contributed by atoms with Crippen molar-refractivity contribution in [1.82, 2.24) is 15.5 Å². The molecule has 3 atom stereocenters. The summed E-state index contributed by atoms with van der Waals surface area (Å²) in [5, 5.41) is 16.5. The Kier molecular flexibility index (Phi) is 11.9. The minimum Gasteiger partial charge on any atom is -0.426 e. The quantitative estimate of drug-likeness (QED) is 0.159. The highest BCUT2D eigenvalue weighted by molar-refractivity contribution is 7.40. The number of likely N-dealkylation sites (tertiary alicyclic amines) is 1. The van der Waals surface area contributed by atoms with Crippen LogP contribution >= 0.6 is 19.6 Å². The van der Waals surface area contributed by atoms with Crippen molar-refractivity contribution in [3.63, 3.8) is 0 Å². The fourth-order valence-corrected chi connectivity index (χ4v) is 5.24. The SMILES string of the molecule is CC(C)C(NC(=O)NCC(C)(C)OC(=O)OCO[PH](=O)C(C)(C)N)C(=O)N1CC[C@](O)(c2ccc(Cl)cc2)C(C)(C)C1. The third-order valence-corrected chi connectivity index (χ3v) is 8.91. The van der Waals surface area contributed by atoms with Crippen LogP contribution in [-0.4, -0.2) is 71.5 Å². The molecule has 1 aliphatic heterocycles. The molecule has 238 valence electrons. The van der Waals surface area contributed by atoms with E-state index in [2.05, 4.69) is 10.6 Å². The number of rotatable bonds is 11. The summed E-state index contributed by atoms with van der Waals surface area (Å²) in [5.74, 6) is -0.487. The molecule has 1 aromatic carbocycles. The Morgan fingerprint density at radius 1 is 1.17 bits per heavy atom. The summed E-state index contributed by atoms with van der Waals surface area (Å²) >= 11 is 6.03. The van der Waals surface area contributed by atoms with Gasteiger partial charge in [-0.05, 0) is 57.7 Å². The fraction of sp³-hybridized carbons (Fsp3) is 0.679. The standard InChI is InChI=1S/C28H46ClN4O8P/c1-18(2)21(22(34)33-14-13-28(37,25(3,4)16-33)19-9-11-20(29)12-10-19)32-23(35)31-15-26(5,6)41-24(36)39-17-40-42(38)27(7,8)30/h9-12,18,21,37,42H,13-17,30H2,1-8H3,(H2,31,32,35)/t21?,28-/m0/s1. The summed E-state index contributed by atoms with van der Waals surface area (Å²) in [7, 11) is -2.64. The maximum atomic E-state index is 13.6. The number of amides is 3. The van der Waals surface area contributed by atoms with E-state index in [1.165, 1.54) is 13.8 Å². The zero-order chi connectivity index (χ0) is 32.1. The van der Waals surface area contributed by atoms with Crippen LogP contribution in [0.4, 0.5) is 9.59 Å². The predicted octanol–water partition coefficient (Wildman–Crippen LogP) is 4.19. The first kappa shape index (κ1) is 35.8. The number of hydrogen-bond donors (Lipinski definition) is 4. The van der Waals surface area contributed by atoms with Crippen LogP contribution < -0.4 is 16.4 Å². The van der Waals surface area contributed by atoms with E-state index in [9.17, 15) is 24.1 Å². The number of hydrogen-bond acceptors (Lipinski definition) is 9. The lowest BCUT2D eigenvalue weighted by atomic mass is 9.66. The molecule has 1 aliphatic rings. The number of piperidine rings is 1. The lowest BCUT2D eigenvalue weighted by Gasteiger charge is -2.51. The van der Waals surface area contributed by atoms with Gasteiger partial charge >= 0.3 is 12.2 Å². The highest BCUT2D eigenvalue weighted by atomic mass is 35.5. The monoisotopic (exact) mass is 632 g/mol. The Morgan fingerprint density at radius 2 is 1.76 bits per heavy atom. The van der Waals surface area contributed by atoms with Gasteiger partial charge in [0.05, 0.1) is 17.4 Å². The molecule has 1 saturated heterocycles. The minimum absolute atomic E-state index is 0.0922. The van der Waals surface area contributed by atoms with Crippen molar-refractivity contribution in [2.24, 2.45) is 17.1 Å². The molecular formula is C28H46ClN4O8P. The molecule has 2 unspecified atom stereocenters. The van der Waals surface area contributed by atoms with Gasteiger partial charge in [0, 0.05) is 23.5 Å². The van der Waals surface area contributed by atoms with Crippen molar-refractivity contribution in [1.29, 1.82) is 0 Å². The first-order chi connectivity index (χ1) is 19.2. The Hall–Kier alpha value is -2.37. The predicted molar refractivity (Wildman–Crippen MR) is 160 cm³/mol. The van der Waals surface area contributed by atoms with Crippen molar-refractivity contribution < 1.29 is 38.1 Å². The molecule has 0 aromatic heterocycles. The number of aliphatic hydroxyl groups is 1. The summed E-state index contributed by atoms with van der Waals surface area (Å²) in [6, 6.07) is 5.62. The third-order valence-electron chi connectivity index (χ3n) is 7.23. The van der Waals surface area contributed by atoms with E-state index in [1.54, 1.807) is 43.0 Å². The van der Waals surface area contributed by atoms with Gasteiger partial charge in [0.15, 0.2) is 0 Å². The summed E-state index contributed by atoms with van der Waals surface area (Å²) in [6.45, 7) is 13.5. The molecule has 0 spiro atoms. The molecule has 0 saturated carbocycles. The molecule has 0 aliphatic carbocycles. The highest BCUT2D eigenvalue weighted by Gasteiger charge is 2.50. The smallest absolute Gasteiger partial charge is 0.426 e. The molecular weight excluding hydrogens is 587 g/mol. The van der Waals surface area contributed by atoms with Crippen LogP contribution in [0.2, 0.25) is 5.02 Å². The summed E-state index contributed by atoms with van der Waals surface area (Å²) < 4.78 is 26.8. The van der Waals surface area contributed by atoms with Gasteiger partial charge in [-0.1, -0.05) is 51.4 Å². The van der Waals surface area contributed by atoms with E-state index in [0.29, 0.717) is 18.0 Å². The van der Waals surface area contributed by atoms with E-state index in [-0.39, 0.29) is 24.9 Å². The second kappa shape index (κ2) is 13.9. The number of halogens is 1. The van der Waals surface area contributed by atoms with Crippen LogP contribution in [0.3, 0.4) is 0 Å². The first-order valence-corrected chi connectivity index (χ1v) is 15.5. The van der Waals surface area contributed by atoms with E-state index in [1.807, 2.05) is 27.7 Å². The number of carbonyl (C=O) groups excluding carboxylic acids is 3. The lowest BCUT2D eigenvalue weighted by molar-refractivity contribution is -0.155. The van der Waals surface area contributed by atoms with Gasteiger partial charge < -0.3 is 35.8 Å². The molecule has 0 radical (unpaired) electrons. The largest absolute Gasteiger partial charge is 0.511 e. The topological polar surface area (TPSA) is 170 Å². The zero-order valence-electron chi connectivity index (χ0n) is 25.7. The third kappa shape index (κ3) is 9.57. The first-order valence-electron chi connectivity index (χ1n) is 13.8. The average molecular weight is 633 g/mol. The second-order valence-corrected chi connectivity index (χ2v) is 15.4. The number of ether oxygens (including phenoxy) is 2.